The number of benzene rings is 2. The van der Waals surface area contributed by atoms with Crippen LogP contribution in [0.2, 0.25) is 0 Å². The van der Waals surface area contributed by atoms with Gasteiger partial charge in [0.2, 0.25) is 5.88 Å². The number of halogens is 2. The third kappa shape index (κ3) is 3.10. The van der Waals surface area contributed by atoms with Crippen molar-refractivity contribution < 1.29 is 18.3 Å². The maximum atomic E-state index is 14.5. The van der Waals surface area contributed by atoms with Gasteiger partial charge in [0.15, 0.2) is 6.29 Å². The Balaban J connectivity index is 1.85. The van der Waals surface area contributed by atoms with Gasteiger partial charge in [0, 0.05) is 33.8 Å². The Labute approximate surface area is 178 Å². The zero-order chi connectivity index (χ0) is 21.5. The minimum atomic E-state index is -0.518. The maximum Gasteiger partial charge on any atom is 0.221 e. The van der Waals surface area contributed by atoms with Gasteiger partial charge in [-0.1, -0.05) is 6.07 Å². The molecule has 0 atom stereocenters. The van der Waals surface area contributed by atoms with Crippen molar-refractivity contribution in [2.24, 2.45) is 0 Å². The Morgan fingerprint density at radius 1 is 1.16 bits per heavy atom. The number of hydrogen-bond acceptors (Lipinski definition) is 3. The Morgan fingerprint density at radius 3 is 2.84 bits per heavy atom. The smallest absolute Gasteiger partial charge is 0.221 e. The van der Waals surface area contributed by atoms with E-state index in [4.69, 9.17) is 4.74 Å². The molecule has 31 heavy (non-hydrogen) atoms. The number of hydrogen-bond donors (Lipinski definition) is 0. The van der Waals surface area contributed by atoms with Gasteiger partial charge >= 0.3 is 0 Å². The number of fused-ring (bicyclic) bond motifs is 3. The van der Waals surface area contributed by atoms with E-state index in [1.54, 1.807) is 16.8 Å². The monoisotopic (exact) mass is 418 g/mol. The van der Waals surface area contributed by atoms with Crippen LogP contribution >= 0.6 is 0 Å². The fourth-order valence-electron chi connectivity index (χ4n) is 4.69. The Bertz CT molecular complexity index is 1330. The van der Waals surface area contributed by atoms with E-state index < -0.39 is 11.6 Å². The lowest BCUT2D eigenvalue weighted by Gasteiger charge is -2.10. The van der Waals surface area contributed by atoms with Crippen molar-refractivity contribution in [3.05, 3.63) is 82.7 Å². The minimum absolute atomic E-state index is 0.0372. The normalized spacial score (nSPS) is 12.9. The number of aryl methyl sites for hydroxylation is 2. The van der Waals surface area contributed by atoms with Crippen LogP contribution in [0.25, 0.3) is 22.0 Å². The molecule has 0 aliphatic heterocycles. The maximum absolute atomic E-state index is 14.5. The summed E-state index contributed by atoms with van der Waals surface area (Å²) in [5, 5.41) is 0.959. The second-order valence-electron chi connectivity index (χ2n) is 7.71. The van der Waals surface area contributed by atoms with Crippen molar-refractivity contribution in [1.29, 1.82) is 0 Å². The molecule has 6 heteroatoms. The average Bonchev–Trinajstić information content (AvgIpc) is 3.38. The number of methoxy groups -OCH3 is 1. The first kappa shape index (κ1) is 19.4. The van der Waals surface area contributed by atoms with Crippen molar-refractivity contribution in [1.82, 2.24) is 9.55 Å². The lowest BCUT2D eigenvalue weighted by molar-refractivity contribution is 0.111. The predicted molar refractivity (Wildman–Crippen MR) is 115 cm³/mol. The minimum Gasteiger partial charge on any atom is -0.481 e. The van der Waals surface area contributed by atoms with E-state index in [1.165, 1.54) is 24.3 Å². The largest absolute Gasteiger partial charge is 0.481 e. The topological polar surface area (TPSA) is 44.1 Å². The summed E-state index contributed by atoms with van der Waals surface area (Å²) in [6.07, 6.45) is 5.33. The van der Waals surface area contributed by atoms with Gasteiger partial charge in [0.05, 0.1) is 19.3 Å². The zero-order valence-corrected chi connectivity index (χ0v) is 17.0. The van der Waals surface area contributed by atoms with E-state index in [2.05, 4.69) is 11.1 Å². The van der Waals surface area contributed by atoms with Gasteiger partial charge in [0.1, 0.15) is 11.6 Å². The number of aldehydes is 1. The SMILES string of the molecule is COc1ncccc1-c1c(C=O)n(Cc2cc(F)ccc2F)c2ccc3c(c12)CCC3. The van der Waals surface area contributed by atoms with Gasteiger partial charge in [-0.15, -0.1) is 0 Å². The quantitative estimate of drug-likeness (QED) is 0.411. The van der Waals surface area contributed by atoms with Crippen LogP contribution in [0, 0.1) is 11.6 Å². The molecule has 2 aromatic heterocycles. The van der Waals surface area contributed by atoms with Gasteiger partial charge < -0.3 is 9.30 Å². The third-order valence-electron chi connectivity index (χ3n) is 6.03. The van der Waals surface area contributed by atoms with Crippen LogP contribution in [0.4, 0.5) is 8.78 Å². The van der Waals surface area contributed by atoms with Crippen LogP contribution in [-0.4, -0.2) is 22.9 Å². The van der Waals surface area contributed by atoms with Crippen LogP contribution in [0.1, 0.15) is 33.6 Å². The van der Waals surface area contributed by atoms with Gasteiger partial charge in [-0.25, -0.2) is 13.8 Å². The van der Waals surface area contributed by atoms with Crippen molar-refractivity contribution in [2.45, 2.75) is 25.8 Å². The summed E-state index contributed by atoms with van der Waals surface area (Å²) >= 11 is 0. The van der Waals surface area contributed by atoms with Gasteiger partial charge in [-0.3, -0.25) is 4.79 Å². The standard InChI is InChI=1S/C25H20F2N2O2/c1-31-25-19(6-3-11-28-25)24-22(14-30)29(13-16-12-17(26)8-9-20(16)27)21-10-7-15-4-2-5-18(15)23(21)24/h3,6-12,14H,2,4-5,13H2,1H3. The number of pyridine rings is 1. The Kier molecular flexibility index (Phi) is 4.77. The van der Waals surface area contributed by atoms with E-state index in [-0.39, 0.29) is 12.1 Å². The van der Waals surface area contributed by atoms with E-state index in [9.17, 15) is 13.6 Å². The fourth-order valence-corrected chi connectivity index (χ4v) is 4.69. The summed E-state index contributed by atoms with van der Waals surface area (Å²) in [6.45, 7) is 0.0372. The van der Waals surface area contributed by atoms with Crippen LogP contribution in [0.5, 0.6) is 5.88 Å². The zero-order valence-electron chi connectivity index (χ0n) is 17.0. The molecule has 4 aromatic rings. The first-order chi connectivity index (χ1) is 15.1. The number of rotatable bonds is 5. The Hall–Kier alpha value is -3.54. The first-order valence-electron chi connectivity index (χ1n) is 10.2. The highest BCUT2D eigenvalue weighted by atomic mass is 19.1. The lowest BCUT2D eigenvalue weighted by atomic mass is 9.97. The molecule has 0 amide bonds. The summed E-state index contributed by atoms with van der Waals surface area (Å²) < 4.78 is 35.5. The van der Waals surface area contributed by atoms with E-state index in [1.807, 2.05) is 12.1 Å². The highest BCUT2D eigenvalue weighted by molar-refractivity contribution is 6.07. The summed E-state index contributed by atoms with van der Waals surface area (Å²) in [5.41, 5.74) is 5.27. The molecule has 156 valence electrons. The molecule has 5 rings (SSSR count). The molecule has 0 saturated carbocycles. The molecule has 0 fully saturated rings. The van der Waals surface area contributed by atoms with Gasteiger partial charge in [0.25, 0.3) is 0 Å². The number of ether oxygens (including phenoxy) is 1. The molecule has 2 heterocycles. The molecule has 0 bridgehead atoms. The van der Waals surface area contributed by atoms with E-state index >= 15 is 0 Å². The van der Waals surface area contributed by atoms with Crippen LogP contribution in [-0.2, 0) is 19.4 Å². The van der Waals surface area contributed by atoms with Crippen molar-refractivity contribution in [3.63, 3.8) is 0 Å². The molecule has 0 radical (unpaired) electrons. The van der Waals surface area contributed by atoms with E-state index in [0.29, 0.717) is 17.1 Å². The Morgan fingerprint density at radius 2 is 2.03 bits per heavy atom. The second kappa shape index (κ2) is 7.61. The molecule has 0 N–H and O–H groups in total. The van der Waals surface area contributed by atoms with Crippen LogP contribution in [0.15, 0.2) is 48.7 Å². The highest BCUT2D eigenvalue weighted by Gasteiger charge is 2.26. The van der Waals surface area contributed by atoms with Gasteiger partial charge in [-0.2, -0.15) is 0 Å². The first-order valence-corrected chi connectivity index (χ1v) is 10.2. The van der Waals surface area contributed by atoms with Crippen molar-refractivity contribution in [3.8, 4) is 17.0 Å². The summed E-state index contributed by atoms with van der Waals surface area (Å²) in [4.78, 5) is 16.7. The van der Waals surface area contributed by atoms with E-state index in [0.717, 1.165) is 54.1 Å². The molecule has 4 nitrogen and oxygen atoms in total. The molecule has 1 aliphatic carbocycles. The molecule has 0 unspecified atom stereocenters. The van der Waals surface area contributed by atoms with Crippen molar-refractivity contribution >= 4 is 17.2 Å². The molecule has 0 spiro atoms. The molecule has 0 saturated heterocycles. The second-order valence-corrected chi connectivity index (χ2v) is 7.71. The number of carbonyl (C=O) groups excluding carboxylic acids is 1. The summed E-state index contributed by atoms with van der Waals surface area (Å²) in [7, 11) is 1.54. The molecule has 1 aliphatic rings. The molecular weight excluding hydrogens is 398 g/mol. The molecule has 2 aromatic carbocycles. The predicted octanol–water partition coefficient (Wildman–Crippen LogP) is 5.34. The lowest BCUT2D eigenvalue weighted by Crippen LogP contribution is -2.06. The van der Waals surface area contributed by atoms with Gasteiger partial charge in [-0.05, 0) is 66.8 Å². The van der Waals surface area contributed by atoms with Crippen molar-refractivity contribution in [2.75, 3.05) is 7.11 Å². The third-order valence-corrected chi connectivity index (χ3v) is 6.03. The summed E-state index contributed by atoms with van der Waals surface area (Å²) in [5.74, 6) is -0.616. The highest BCUT2D eigenvalue weighted by Crippen LogP contribution is 2.43. The van der Waals surface area contributed by atoms with Crippen LogP contribution in [0.3, 0.4) is 0 Å². The number of carbonyl (C=O) groups is 1. The number of aromatic nitrogens is 2. The molecular formula is C25H20F2N2O2. The average molecular weight is 418 g/mol. The summed E-state index contributed by atoms with van der Waals surface area (Å²) in [6, 6.07) is 11.1. The fraction of sp³-hybridized carbons (Fsp3) is 0.200. The number of nitrogens with zero attached hydrogens (tertiary/aromatic N) is 2. The van der Waals surface area contributed by atoms with Crippen LogP contribution < -0.4 is 4.74 Å².